The molecule has 0 aromatic carbocycles. The van der Waals surface area contributed by atoms with Crippen molar-refractivity contribution >= 4 is 11.9 Å². The number of hydrogen-bond donors (Lipinski definition) is 2. The average Bonchev–Trinajstić information content (AvgIpc) is 2.55. The largest absolute Gasteiger partial charge is 0.477 e. The second kappa shape index (κ2) is 4.83. The molecular formula is C11H15NO4. The average molecular weight is 225 g/mol. The SMILES string of the molecule is CCCc1c(C(=O)O)[nH]c(C)c1C(=O)OC. The van der Waals surface area contributed by atoms with Crippen LogP contribution in [0.1, 0.15) is 45.4 Å². The van der Waals surface area contributed by atoms with Gasteiger partial charge in [0.25, 0.3) is 0 Å². The highest BCUT2D eigenvalue weighted by atomic mass is 16.5. The molecule has 0 saturated heterocycles. The molecule has 16 heavy (non-hydrogen) atoms. The molecule has 88 valence electrons. The Kier molecular flexibility index (Phi) is 3.71. The van der Waals surface area contributed by atoms with E-state index < -0.39 is 11.9 Å². The first-order chi connectivity index (χ1) is 7.52. The van der Waals surface area contributed by atoms with Crippen LogP contribution in [-0.4, -0.2) is 29.1 Å². The van der Waals surface area contributed by atoms with Crippen molar-refractivity contribution in [3.05, 3.63) is 22.5 Å². The second-order valence-electron chi connectivity index (χ2n) is 3.53. The second-order valence-corrected chi connectivity index (χ2v) is 3.53. The molecule has 2 N–H and O–H groups in total. The molecule has 0 spiro atoms. The summed E-state index contributed by atoms with van der Waals surface area (Å²) in [5.41, 5.74) is 1.49. The molecule has 0 aliphatic rings. The minimum atomic E-state index is -1.05. The number of carbonyl (C=O) groups excluding carboxylic acids is 1. The van der Waals surface area contributed by atoms with E-state index in [9.17, 15) is 9.59 Å². The van der Waals surface area contributed by atoms with Crippen LogP contribution >= 0.6 is 0 Å². The van der Waals surface area contributed by atoms with Crippen LogP contribution < -0.4 is 0 Å². The number of methoxy groups -OCH3 is 1. The van der Waals surface area contributed by atoms with Crippen molar-refractivity contribution in [1.29, 1.82) is 0 Å². The number of carbonyl (C=O) groups is 2. The van der Waals surface area contributed by atoms with E-state index in [0.717, 1.165) is 6.42 Å². The van der Waals surface area contributed by atoms with Crippen LogP contribution in [0.4, 0.5) is 0 Å². The highest BCUT2D eigenvalue weighted by Crippen LogP contribution is 2.21. The van der Waals surface area contributed by atoms with Crippen LogP contribution in [0.5, 0.6) is 0 Å². The summed E-state index contributed by atoms with van der Waals surface area (Å²) in [5.74, 6) is -1.55. The summed E-state index contributed by atoms with van der Waals surface area (Å²) in [6, 6.07) is 0. The van der Waals surface area contributed by atoms with E-state index >= 15 is 0 Å². The lowest BCUT2D eigenvalue weighted by atomic mass is 10.0. The van der Waals surface area contributed by atoms with Crippen molar-refractivity contribution in [2.45, 2.75) is 26.7 Å². The van der Waals surface area contributed by atoms with Gasteiger partial charge in [0.2, 0.25) is 0 Å². The van der Waals surface area contributed by atoms with E-state index in [1.165, 1.54) is 7.11 Å². The molecular weight excluding hydrogens is 210 g/mol. The number of carboxylic acids is 1. The molecule has 0 atom stereocenters. The summed E-state index contributed by atoms with van der Waals surface area (Å²) >= 11 is 0. The van der Waals surface area contributed by atoms with Crippen molar-refractivity contribution in [2.24, 2.45) is 0 Å². The number of esters is 1. The number of ether oxygens (including phenoxy) is 1. The quantitative estimate of drug-likeness (QED) is 0.765. The van der Waals surface area contributed by atoms with Gasteiger partial charge in [-0.1, -0.05) is 13.3 Å². The summed E-state index contributed by atoms with van der Waals surface area (Å²) in [4.78, 5) is 25.2. The number of aryl methyl sites for hydroxylation is 1. The van der Waals surface area contributed by atoms with Crippen molar-refractivity contribution in [3.63, 3.8) is 0 Å². The Hall–Kier alpha value is -1.78. The highest BCUT2D eigenvalue weighted by molar-refractivity contribution is 5.98. The Balaban J connectivity index is 3.34. The highest BCUT2D eigenvalue weighted by Gasteiger charge is 2.24. The van der Waals surface area contributed by atoms with E-state index in [0.29, 0.717) is 23.2 Å². The number of H-pyrrole nitrogens is 1. The minimum Gasteiger partial charge on any atom is -0.477 e. The molecule has 0 amide bonds. The van der Waals surface area contributed by atoms with Crippen LogP contribution in [0.2, 0.25) is 0 Å². The zero-order valence-corrected chi connectivity index (χ0v) is 9.59. The zero-order chi connectivity index (χ0) is 12.3. The molecule has 0 unspecified atom stereocenters. The lowest BCUT2D eigenvalue weighted by Gasteiger charge is -2.02. The summed E-state index contributed by atoms with van der Waals surface area (Å²) in [6.07, 6.45) is 1.30. The number of aromatic nitrogens is 1. The van der Waals surface area contributed by atoms with Gasteiger partial charge in [-0.25, -0.2) is 9.59 Å². The van der Waals surface area contributed by atoms with Crippen molar-refractivity contribution in [1.82, 2.24) is 4.98 Å². The van der Waals surface area contributed by atoms with Gasteiger partial charge in [-0.15, -0.1) is 0 Å². The van der Waals surface area contributed by atoms with E-state index in [4.69, 9.17) is 5.11 Å². The summed E-state index contributed by atoms with van der Waals surface area (Å²) in [6.45, 7) is 3.59. The Labute approximate surface area is 93.4 Å². The number of hydrogen-bond acceptors (Lipinski definition) is 3. The molecule has 1 aromatic heterocycles. The fourth-order valence-corrected chi connectivity index (χ4v) is 1.74. The third-order valence-corrected chi connectivity index (χ3v) is 2.39. The van der Waals surface area contributed by atoms with Gasteiger partial charge in [-0.2, -0.15) is 0 Å². The number of nitrogens with one attached hydrogen (secondary N) is 1. The summed E-state index contributed by atoms with van der Waals surface area (Å²) in [5, 5.41) is 9.00. The Morgan fingerprint density at radius 3 is 2.50 bits per heavy atom. The van der Waals surface area contributed by atoms with Crippen LogP contribution in [0, 0.1) is 6.92 Å². The van der Waals surface area contributed by atoms with Crippen LogP contribution in [0.25, 0.3) is 0 Å². The smallest absolute Gasteiger partial charge is 0.352 e. The van der Waals surface area contributed by atoms with Crippen molar-refractivity contribution in [3.8, 4) is 0 Å². The fraction of sp³-hybridized carbons (Fsp3) is 0.455. The predicted molar refractivity (Wildman–Crippen MR) is 57.8 cm³/mol. The summed E-state index contributed by atoms with van der Waals surface area (Å²) in [7, 11) is 1.28. The maximum absolute atomic E-state index is 11.5. The van der Waals surface area contributed by atoms with E-state index in [2.05, 4.69) is 9.72 Å². The molecule has 0 fully saturated rings. The maximum Gasteiger partial charge on any atom is 0.352 e. The van der Waals surface area contributed by atoms with E-state index in [1.807, 2.05) is 6.92 Å². The van der Waals surface area contributed by atoms with Gasteiger partial charge in [0.05, 0.1) is 12.7 Å². The van der Waals surface area contributed by atoms with E-state index in [1.54, 1.807) is 6.92 Å². The third-order valence-electron chi connectivity index (χ3n) is 2.39. The molecule has 0 aliphatic heterocycles. The number of aromatic carboxylic acids is 1. The van der Waals surface area contributed by atoms with Gasteiger partial charge >= 0.3 is 11.9 Å². The lowest BCUT2D eigenvalue weighted by Crippen LogP contribution is -2.07. The molecule has 0 bridgehead atoms. The molecule has 1 aromatic rings. The monoisotopic (exact) mass is 225 g/mol. The standard InChI is InChI=1S/C11H15NO4/c1-4-5-7-8(11(15)16-3)6(2)12-9(7)10(13)14/h12H,4-5H2,1-3H3,(H,13,14). The maximum atomic E-state index is 11.5. The first-order valence-corrected chi connectivity index (χ1v) is 5.05. The predicted octanol–water partition coefficient (Wildman–Crippen LogP) is 1.76. The molecule has 5 heteroatoms. The number of carboxylic acid groups (broad SMARTS) is 1. The molecule has 0 aliphatic carbocycles. The van der Waals surface area contributed by atoms with Gasteiger partial charge in [0.15, 0.2) is 0 Å². The van der Waals surface area contributed by atoms with Gasteiger partial charge < -0.3 is 14.8 Å². The normalized spacial score (nSPS) is 10.2. The van der Waals surface area contributed by atoms with Gasteiger partial charge in [-0.3, -0.25) is 0 Å². The Bertz CT molecular complexity index is 420. The lowest BCUT2D eigenvalue weighted by molar-refractivity contribution is 0.0599. The minimum absolute atomic E-state index is 0.0831. The first kappa shape index (κ1) is 12.3. The van der Waals surface area contributed by atoms with Gasteiger partial charge in [0.1, 0.15) is 5.69 Å². The van der Waals surface area contributed by atoms with Gasteiger partial charge in [0, 0.05) is 5.69 Å². The van der Waals surface area contributed by atoms with Crippen LogP contribution in [-0.2, 0) is 11.2 Å². The first-order valence-electron chi connectivity index (χ1n) is 5.05. The molecule has 0 radical (unpaired) electrons. The van der Waals surface area contributed by atoms with E-state index in [-0.39, 0.29) is 5.69 Å². The van der Waals surface area contributed by atoms with Crippen molar-refractivity contribution in [2.75, 3.05) is 7.11 Å². The Morgan fingerprint density at radius 1 is 1.44 bits per heavy atom. The van der Waals surface area contributed by atoms with Gasteiger partial charge in [-0.05, 0) is 18.9 Å². The third kappa shape index (κ3) is 2.08. The molecule has 0 saturated carbocycles. The molecule has 1 rings (SSSR count). The topological polar surface area (TPSA) is 79.4 Å². The van der Waals surface area contributed by atoms with Crippen LogP contribution in [0.15, 0.2) is 0 Å². The Morgan fingerprint density at radius 2 is 2.06 bits per heavy atom. The zero-order valence-electron chi connectivity index (χ0n) is 9.59. The number of aromatic amines is 1. The van der Waals surface area contributed by atoms with Crippen molar-refractivity contribution < 1.29 is 19.4 Å². The summed E-state index contributed by atoms with van der Waals surface area (Å²) < 4.78 is 4.65. The molecule has 1 heterocycles. The van der Waals surface area contributed by atoms with Crippen LogP contribution in [0.3, 0.4) is 0 Å². The fourth-order valence-electron chi connectivity index (χ4n) is 1.74. The molecule has 5 nitrogen and oxygen atoms in total. The number of rotatable bonds is 4.